The number of amides is 2. The molecule has 4 rings (SSSR count). The highest BCUT2D eigenvalue weighted by atomic mass is 32.1. The van der Waals surface area contributed by atoms with Crippen LogP contribution in [-0.2, 0) is 4.79 Å². The molecule has 26 heavy (non-hydrogen) atoms. The summed E-state index contributed by atoms with van der Waals surface area (Å²) in [7, 11) is 0. The Kier molecular flexibility index (Phi) is 4.57. The number of hydrogen-bond acceptors (Lipinski definition) is 6. The van der Waals surface area contributed by atoms with Crippen LogP contribution in [-0.4, -0.2) is 34.8 Å². The summed E-state index contributed by atoms with van der Waals surface area (Å²) < 4.78 is 10.3. The zero-order valence-corrected chi connectivity index (χ0v) is 14.7. The van der Waals surface area contributed by atoms with Crippen molar-refractivity contribution in [1.29, 1.82) is 0 Å². The van der Waals surface area contributed by atoms with E-state index >= 15 is 0 Å². The van der Waals surface area contributed by atoms with Gasteiger partial charge in [0.2, 0.25) is 5.91 Å². The van der Waals surface area contributed by atoms with Gasteiger partial charge in [-0.3, -0.25) is 9.59 Å². The number of aromatic nitrogens is 1. The summed E-state index contributed by atoms with van der Waals surface area (Å²) in [5.74, 6) is 0.438. The monoisotopic (exact) mass is 371 g/mol. The maximum absolute atomic E-state index is 12.5. The number of hydrogen-bond donors (Lipinski definition) is 1. The molecule has 0 bridgehead atoms. The minimum Gasteiger partial charge on any atom is -0.472 e. The fourth-order valence-electron chi connectivity index (χ4n) is 2.99. The molecule has 0 radical (unpaired) electrons. The molecule has 2 amide bonds. The molecule has 0 aromatic carbocycles. The quantitative estimate of drug-likeness (QED) is 0.758. The van der Waals surface area contributed by atoms with E-state index in [0.717, 1.165) is 0 Å². The van der Waals surface area contributed by atoms with Gasteiger partial charge in [0.15, 0.2) is 10.9 Å². The summed E-state index contributed by atoms with van der Waals surface area (Å²) in [5.41, 5.74) is 1.25. The SMILES string of the molecule is O=C(Nc1nc(-c2ccco2)cs1)C1CCN(C(=O)c2ccoc2)CC1. The number of carbonyl (C=O) groups excluding carboxylic acids is 2. The van der Waals surface area contributed by atoms with Gasteiger partial charge >= 0.3 is 0 Å². The fourth-order valence-corrected chi connectivity index (χ4v) is 3.69. The van der Waals surface area contributed by atoms with Gasteiger partial charge in [-0.05, 0) is 31.0 Å². The lowest BCUT2D eigenvalue weighted by atomic mass is 9.95. The first kappa shape index (κ1) is 16.6. The number of nitrogens with one attached hydrogen (secondary N) is 1. The van der Waals surface area contributed by atoms with Crippen LogP contribution in [0.3, 0.4) is 0 Å². The lowest BCUT2D eigenvalue weighted by Crippen LogP contribution is -2.41. The summed E-state index contributed by atoms with van der Waals surface area (Å²) >= 11 is 1.37. The molecular weight excluding hydrogens is 354 g/mol. The van der Waals surface area contributed by atoms with Crippen LogP contribution < -0.4 is 5.32 Å². The number of carbonyl (C=O) groups is 2. The predicted octanol–water partition coefficient (Wildman–Crippen LogP) is 3.49. The number of rotatable bonds is 4. The van der Waals surface area contributed by atoms with E-state index in [-0.39, 0.29) is 17.7 Å². The number of thiazole rings is 1. The fraction of sp³-hybridized carbons (Fsp3) is 0.278. The maximum atomic E-state index is 12.5. The van der Waals surface area contributed by atoms with Gasteiger partial charge < -0.3 is 19.1 Å². The van der Waals surface area contributed by atoms with Crippen molar-refractivity contribution >= 4 is 28.3 Å². The van der Waals surface area contributed by atoms with E-state index in [2.05, 4.69) is 10.3 Å². The third kappa shape index (κ3) is 3.41. The van der Waals surface area contributed by atoms with E-state index in [1.165, 1.54) is 23.9 Å². The van der Waals surface area contributed by atoms with Crippen LogP contribution in [0.1, 0.15) is 23.2 Å². The van der Waals surface area contributed by atoms with Gasteiger partial charge in [-0.15, -0.1) is 11.3 Å². The lowest BCUT2D eigenvalue weighted by Gasteiger charge is -2.30. The van der Waals surface area contributed by atoms with E-state index in [0.29, 0.717) is 48.1 Å². The van der Waals surface area contributed by atoms with E-state index in [4.69, 9.17) is 8.83 Å². The predicted molar refractivity (Wildman–Crippen MR) is 95.8 cm³/mol. The Hall–Kier alpha value is -2.87. The molecule has 0 unspecified atom stereocenters. The molecule has 1 fully saturated rings. The van der Waals surface area contributed by atoms with Crippen LogP contribution in [0.2, 0.25) is 0 Å². The first-order chi connectivity index (χ1) is 12.7. The Morgan fingerprint density at radius 2 is 2.08 bits per heavy atom. The Morgan fingerprint density at radius 3 is 2.77 bits per heavy atom. The van der Waals surface area contributed by atoms with Crippen LogP contribution in [0.25, 0.3) is 11.5 Å². The molecule has 4 heterocycles. The normalized spacial score (nSPS) is 15.2. The van der Waals surface area contributed by atoms with Crippen molar-refractivity contribution < 1.29 is 18.4 Å². The highest BCUT2D eigenvalue weighted by Gasteiger charge is 2.28. The van der Waals surface area contributed by atoms with Crippen molar-refractivity contribution in [3.8, 4) is 11.5 Å². The van der Waals surface area contributed by atoms with Crippen molar-refractivity contribution in [2.24, 2.45) is 5.92 Å². The molecule has 3 aromatic rings. The van der Waals surface area contributed by atoms with E-state index in [1.807, 2.05) is 11.4 Å². The average molecular weight is 371 g/mol. The second-order valence-corrected chi connectivity index (χ2v) is 6.94. The molecule has 134 valence electrons. The molecule has 7 nitrogen and oxygen atoms in total. The Morgan fingerprint density at radius 1 is 1.23 bits per heavy atom. The van der Waals surface area contributed by atoms with Gasteiger partial charge in [-0.1, -0.05) is 0 Å². The number of piperidine rings is 1. The van der Waals surface area contributed by atoms with Crippen molar-refractivity contribution in [3.05, 3.63) is 47.9 Å². The molecule has 0 spiro atoms. The Labute approximate surface area is 153 Å². The van der Waals surface area contributed by atoms with Crippen LogP contribution >= 0.6 is 11.3 Å². The number of likely N-dealkylation sites (tertiary alicyclic amines) is 1. The molecule has 0 saturated carbocycles. The highest BCUT2D eigenvalue weighted by molar-refractivity contribution is 7.14. The van der Waals surface area contributed by atoms with E-state index in [9.17, 15) is 9.59 Å². The standard InChI is InChI=1S/C18H17N3O4S/c22-16(20-18-19-14(11-26-18)15-2-1-8-25-15)12-3-6-21(7-4-12)17(23)13-5-9-24-10-13/h1-2,5,8-12H,3-4,6-7H2,(H,19,20,22). The maximum Gasteiger partial charge on any atom is 0.257 e. The molecule has 1 saturated heterocycles. The third-order valence-corrected chi connectivity index (χ3v) is 5.19. The lowest BCUT2D eigenvalue weighted by molar-refractivity contribution is -0.121. The van der Waals surface area contributed by atoms with Crippen LogP contribution in [0.15, 0.2) is 51.2 Å². The average Bonchev–Trinajstić information content (AvgIpc) is 3.42. The van der Waals surface area contributed by atoms with Crippen molar-refractivity contribution in [3.63, 3.8) is 0 Å². The zero-order valence-electron chi connectivity index (χ0n) is 13.9. The largest absolute Gasteiger partial charge is 0.472 e. The molecule has 0 atom stereocenters. The highest BCUT2D eigenvalue weighted by Crippen LogP contribution is 2.26. The van der Waals surface area contributed by atoms with Crippen LogP contribution in [0.5, 0.6) is 0 Å². The summed E-state index contributed by atoms with van der Waals surface area (Å²) in [5, 5.41) is 5.28. The molecule has 1 N–H and O–H groups in total. The summed E-state index contributed by atoms with van der Waals surface area (Å²) in [6.45, 7) is 1.11. The Bertz CT molecular complexity index is 878. The summed E-state index contributed by atoms with van der Waals surface area (Å²) in [4.78, 5) is 30.9. The summed E-state index contributed by atoms with van der Waals surface area (Å²) in [6.07, 6.45) is 5.78. The molecule has 1 aliphatic heterocycles. The minimum atomic E-state index is -0.126. The van der Waals surface area contributed by atoms with Gasteiger partial charge in [-0.25, -0.2) is 4.98 Å². The zero-order chi connectivity index (χ0) is 17.9. The van der Waals surface area contributed by atoms with Crippen molar-refractivity contribution in [2.75, 3.05) is 18.4 Å². The minimum absolute atomic E-state index is 0.0549. The molecule has 8 heteroatoms. The van der Waals surface area contributed by atoms with Gasteiger partial charge in [0.25, 0.3) is 5.91 Å². The summed E-state index contributed by atoms with van der Waals surface area (Å²) in [6, 6.07) is 5.28. The van der Waals surface area contributed by atoms with Crippen molar-refractivity contribution in [2.45, 2.75) is 12.8 Å². The van der Waals surface area contributed by atoms with E-state index < -0.39 is 0 Å². The Balaban J connectivity index is 1.32. The topological polar surface area (TPSA) is 88.6 Å². The van der Waals surface area contributed by atoms with Crippen LogP contribution in [0, 0.1) is 5.92 Å². The van der Waals surface area contributed by atoms with Gasteiger partial charge in [0.1, 0.15) is 12.0 Å². The second-order valence-electron chi connectivity index (χ2n) is 6.08. The van der Waals surface area contributed by atoms with Gasteiger partial charge in [0, 0.05) is 24.4 Å². The third-order valence-electron chi connectivity index (χ3n) is 4.43. The van der Waals surface area contributed by atoms with Gasteiger partial charge in [0.05, 0.1) is 18.1 Å². The van der Waals surface area contributed by atoms with Gasteiger partial charge in [-0.2, -0.15) is 0 Å². The van der Waals surface area contributed by atoms with Crippen molar-refractivity contribution in [1.82, 2.24) is 9.88 Å². The molecule has 1 aliphatic rings. The first-order valence-corrected chi connectivity index (χ1v) is 9.20. The van der Waals surface area contributed by atoms with E-state index in [1.54, 1.807) is 23.3 Å². The number of nitrogens with zero attached hydrogens (tertiary/aromatic N) is 2. The molecule has 3 aromatic heterocycles. The molecule has 0 aliphatic carbocycles. The number of anilines is 1. The molecular formula is C18H17N3O4S. The second kappa shape index (κ2) is 7.17. The van der Waals surface area contributed by atoms with Crippen LogP contribution in [0.4, 0.5) is 5.13 Å². The first-order valence-electron chi connectivity index (χ1n) is 8.32. The number of furan rings is 2. The smallest absolute Gasteiger partial charge is 0.257 e.